The van der Waals surface area contributed by atoms with E-state index < -0.39 is 0 Å². The molecular formula is C11H23NO. The number of hydrogen-bond donors (Lipinski definition) is 1. The van der Waals surface area contributed by atoms with Gasteiger partial charge in [-0.15, -0.1) is 0 Å². The van der Waals surface area contributed by atoms with Crippen LogP contribution in [0.3, 0.4) is 0 Å². The molecule has 0 spiro atoms. The van der Waals surface area contributed by atoms with Gasteiger partial charge in [-0.05, 0) is 38.1 Å². The summed E-state index contributed by atoms with van der Waals surface area (Å²) in [5, 5.41) is 0. The Kier molecular flexibility index (Phi) is 5.40. The van der Waals surface area contributed by atoms with Crippen molar-refractivity contribution in [1.29, 1.82) is 0 Å². The first kappa shape index (κ1) is 11.0. The third-order valence-corrected chi connectivity index (χ3v) is 3.07. The molecule has 0 amide bonds. The molecule has 0 aromatic heterocycles. The summed E-state index contributed by atoms with van der Waals surface area (Å²) in [6, 6.07) is 0. The smallest absolute Gasteiger partial charge is 0.0576 e. The molecule has 1 rings (SSSR count). The molecule has 1 fully saturated rings. The van der Waals surface area contributed by atoms with Crippen LogP contribution in [0.2, 0.25) is 0 Å². The van der Waals surface area contributed by atoms with E-state index in [1.54, 1.807) is 0 Å². The average Bonchev–Trinajstić information content (AvgIpc) is 2.65. The summed E-state index contributed by atoms with van der Waals surface area (Å²) in [6.45, 7) is 4.06. The molecule has 1 aliphatic rings. The summed E-state index contributed by atoms with van der Waals surface area (Å²) in [5.74, 6) is 0.737. The van der Waals surface area contributed by atoms with Crippen molar-refractivity contribution in [2.45, 2.75) is 51.6 Å². The van der Waals surface area contributed by atoms with Gasteiger partial charge in [0.05, 0.1) is 6.10 Å². The van der Waals surface area contributed by atoms with E-state index in [2.05, 4.69) is 6.92 Å². The van der Waals surface area contributed by atoms with E-state index >= 15 is 0 Å². The summed E-state index contributed by atoms with van der Waals surface area (Å²) in [7, 11) is 0. The van der Waals surface area contributed by atoms with E-state index in [1.165, 1.54) is 38.5 Å². The molecule has 0 saturated carbocycles. The van der Waals surface area contributed by atoms with Crippen LogP contribution in [0.15, 0.2) is 0 Å². The Bertz CT molecular complexity index is 115. The van der Waals surface area contributed by atoms with Gasteiger partial charge in [0.2, 0.25) is 0 Å². The van der Waals surface area contributed by atoms with Gasteiger partial charge < -0.3 is 10.5 Å². The number of nitrogens with two attached hydrogens (primary N) is 1. The van der Waals surface area contributed by atoms with Crippen molar-refractivity contribution >= 4 is 0 Å². The molecule has 1 saturated heterocycles. The van der Waals surface area contributed by atoms with Gasteiger partial charge in [0, 0.05) is 6.61 Å². The van der Waals surface area contributed by atoms with Gasteiger partial charge in [0.15, 0.2) is 0 Å². The van der Waals surface area contributed by atoms with Crippen molar-refractivity contribution in [3.05, 3.63) is 0 Å². The highest BCUT2D eigenvalue weighted by atomic mass is 16.5. The predicted molar refractivity (Wildman–Crippen MR) is 55.7 cm³/mol. The first-order chi connectivity index (χ1) is 6.36. The topological polar surface area (TPSA) is 35.2 Å². The zero-order valence-electron chi connectivity index (χ0n) is 8.80. The average molecular weight is 185 g/mol. The number of ether oxygens (including phenoxy) is 1. The minimum Gasteiger partial charge on any atom is -0.378 e. The number of rotatable bonds is 6. The monoisotopic (exact) mass is 185 g/mol. The molecule has 0 bridgehead atoms. The number of hydrogen-bond acceptors (Lipinski definition) is 2. The highest BCUT2D eigenvalue weighted by Crippen LogP contribution is 2.19. The van der Waals surface area contributed by atoms with E-state index in [9.17, 15) is 0 Å². The second-order valence-corrected chi connectivity index (χ2v) is 4.08. The van der Waals surface area contributed by atoms with Crippen LogP contribution in [0, 0.1) is 5.92 Å². The van der Waals surface area contributed by atoms with Gasteiger partial charge in [0.1, 0.15) is 0 Å². The van der Waals surface area contributed by atoms with Crippen LogP contribution in [0.1, 0.15) is 45.4 Å². The lowest BCUT2D eigenvalue weighted by molar-refractivity contribution is 0.101. The van der Waals surface area contributed by atoms with Gasteiger partial charge in [0.25, 0.3) is 0 Å². The van der Waals surface area contributed by atoms with Crippen molar-refractivity contribution in [1.82, 2.24) is 0 Å². The summed E-state index contributed by atoms with van der Waals surface area (Å²) < 4.78 is 5.57. The molecule has 0 radical (unpaired) electrons. The van der Waals surface area contributed by atoms with E-state index in [1.807, 2.05) is 0 Å². The van der Waals surface area contributed by atoms with Crippen LogP contribution in [0.4, 0.5) is 0 Å². The summed E-state index contributed by atoms with van der Waals surface area (Å²) in [5.41, 5.74) is 5.65. The third-order valence-electron chi connectivity index (χ3n) is 3.07. The minimum atomic E-state index is 0.565. The minimum absolute atomic E-state index is 0.565. The molecule has 1 heterocycles. The highest BCUT2D eigenvalue weighted by molar-refractivity contribution is 4.66. The van der Waals surface area contributed by atoms with Gasteiger partial charge >= 0.3 is 0 Å². The molecule has 0 aliphatic carbocycles. The molecule has 2 nitrogen and oxygen atoms in total. The lowest BCUT2D eigenvalue weighted by Crippen LogP contribution is -2.14. The van der Waals surface area contributed by atoms with Crippen LogP contribution in [-0.2, 0) is 4.74 Å². The predicted octanol–water partition coefficient (Wildman–Crippen LogP) is 2.32. The Hall–Kier alpha value is -0.0800. The quantitative estimate of drug-likeness (QED) is 0.689. The highest BCUT2D eigenvalue weighted by Gasteiger charge is 2.15. The van der Waals surface area contributed by atoms with Crippen LogP contribution >= 0.6 is 0 Å². The molecule has 0 aromatic rings. The molecule has 2 N–H and O–H groups in total. The van der Waals surface area contributed by atoms with E-state index in [-0.39, 0.29) is 0 Å². The second kappa shape index (κ2) is 6.39. The van der Waals surface area contributed by atoms with Crippen molar-refractivity contribution in [2.24, 2.45) is 11.7 Å². The van der Waals surface area contributed by atoms with Gasteiger partial charge in [-0.3, -0.25) is 0 Å². The Morgan fingerprint density at radius 1 is 1.54 bits per heavy atom. The van der Waals surface area contributed by atoms with Crippen LogP contribution < -0.4 is 5.73 Å². The van der Waals surface area contributed by atoms with Gasteiger partial charge in [-0.1, -0.05) is 19.8 Å². The van der Waals surface area contributed by atoms with Crippen molar-refractivity contribution < 1.29 is 4.74 Å². The summed E-state index contributed by atoms with van der Waals surface area (Å²) in [4.78, 5) is 0. The maximum atomic E-state index is 5.65. The zero-order valence-corrected chi connectivity index (χ0v) is 8.80. The van der Waals surface area contributed by atoms with Crippen LogP contribution in [0.25, 0.3) is 0 Å². The Balaban J connectivity index is 1.98. The fourth-order valence-corrected chi connectivity index (χ4v) is 1.99. The lowest BCUT2D eigenvalue weighted by atomic mass is 9.98. The molecule has 13 heavy (non-hydrogen) atoms. The molecule has 2 heteroatoms. The van der Waals surface area contributed by atoms with Gasteiger partial charge in [-0.25, -0.2) is 0 Å². The lowest BCUT2D eigenvalue weighted by Gasteiger charge is -2.13. The Labute approximate surface area is 81.8 Å². The van der Waals surface area contributed by atoms with Crippen molar-refractivity contribution in [3.8, 4) is 0 Å². The maximum Gasteiger partial charge on any atom is 0.0576 e. The zero-order chi connectivity index (χ0) is 9.52. The normalized spacial score (nSPS) is 24.9. The van der Waals surface area contributed by atoms with Crippen LogP contribution in [-0.4, -0.2) is 19.3 Å². The Morgan fingerprint density at radius 3 is 2.92 bits per heavy atom. The molecular weight excluding hydrogens is 162 g/mol. The molecule has 0 aromatic carbocycles. The third kappa shape index (κ3) is 4.10. The first-order valence-electron chi connectivity index (χ1n) is 5.68. The molecule has 2 unspecified atom stereocenters. The van der Waals surface area contributed by atoms with Gasteiger partial charge in [-0.2, -0.15) is 0 Å². The van der Waals surface area contributed by atoms with Crippen molar-refractivity contribution in [3.63, 3.8) is 0 Å². The fraction of sp³-hybridized carbons (Fsp3) is 1.00. The fourth-order valence-electron chi connectivity index (χ4n) is 1.99. The maximum absolute atomic E-state index is 5.65. The summed E-state index contributed by atoms with van der Waals surface area (Å²) in [6.07, 6.45) is 8.15. The summed E-state index contributed by atoms with van der Waals surface area (Å²) >= 11 is 0. The standard InChI is InChI=1S/C11H23NO/c1-2-10(9-12)5-3-6-11-7-4-8-13-11/h10-11H,2-9,12H2,1H3. The second-order valence-electron chi connectivity index (χ2n) is 4.08. The van der Waals surface area contributed by atoms with Crippen LogP contribution in [0.5, 0.6) is 0 Å². The Morgan fingerprint density at radius 2 is 2.38 bits per heavy atom. The molecule has 2 atom stereocenters. The first-order valence-corrected chi connectivity index (χ1v) is 5.68. The van der Waals surface area contributed by atoms with E-state index in [0.29, 0.717) is 6.10 Å². The molecule has 1 aliphatic heterocycles. The molecule has 78 valence electrons. The largest absolute Gasteiger partial charge is 0.378 e. The van der Waals surface area contributed by atoms with Crippen molar-refractivity contribution in [2.75, 3.05) is 13.2 Å². The van der Waals surface area contributed by atoms with E-state index in [4.69, 9.17) is 10.5 Å². The SMILES string of the molecule is CCC(CN)CCCC1CCCO1. The van der Waals surface area contributed by atoms with E-state index in [0.717, 1.165) is 19.1 Å².